The number of halogens is 2. The largest absolute Gasteiger partial charge is 0.530 e. The standard InChI is InChI=1S/C29H34ClFN2O3/c1-29(2)14-20-11-21(19-5-6-26(23(30)12-19)36-16-17-3-4-17)24(31)13-22(20)27(29)33(28(34)35)25-15-32-9-7-18(25)8-10-32/h5-6,11-13,17-18,25,27H,3-4,7-10,14-16H2,1-2H3,(H,34,35)/p-1/t25-,27+/m1/s1. The summed E-state index contributed by atoms with van der Waals surface area (Å²) in [5.41, 5.74) is 2.53. The molecule has 1 amide bonds. The van der Waals surface area contributed by atoms with E-state index in [0.29, 0.717) is 46.8 Å². The van der Waals surface area contributed by atoms with Crippen molar-refractivity contribution < 1.29 is 19.0 Å². The molecule has 2 atom stereocenters. The molecule has 2 aromatic rings. The summed E-state index contributed by atoms with van der Waals surface area (Å²) in [4.78, 5) is 16.5. The molecule has 5 nitrogen and oxygen atoms in total. The van der Waals surface area contributed by atoms with E-state index < -0.39 is 12.1 Å². The third kappa shape index (κ3) is 4.26. The lowest BCUT2D eigenvalue weighted by Gasteiger charge is -2.53. The van der Waals surface area contributed by atoms with Gasteiger partial charge in [-0.05, 0) is 103 Å². The van der Waals surface area contributed by atoms with Crippen LogP contribution in [0.4, 0.5) is 9.18 Å². The van der Waals surface area contributed by atoms with Gasteiger partial charge in [0.1, 0.15) is 17.7 Å². The molecular formula is C29H33ClFN2O3-. The van der Waals surface area contributed by atoms with Crippen molar-refractivity contribution in [3.8, 4) is 16.9 Å². The quantitative estimate of drug-likeness (QED) is 0.528. The number of fused-ring (bicyclic) bond motifs is 4. The van der Waals surface area contributed by atoms with Crippen LogP contribution in [0.2, 0.25) is 5.02 Å². The normalized spacial score (nSPS) is 28.1. The summed E-state index contributed by atoms with van der Waals surface area (Å²) in [6.45, 7) is 7.60. The molecule has 3 saturated heterocycles. The maximum absolute atomic E-state index is 15.6. The molecule has 5 aliphatic rings. The number of hydrogen-bond acceptors (Lipinski definition) is 4. The van der Waals surface area contributed by atoms with Crippen LogP contribution in [0.3, 0.4) is 0 Å². The summed E-state index contributed by atoms with van der Waals surface area (Å²) < 4.78 is 21.5. The number of benzene rings is 2. The summed E-state index contributed by atoms with van der Waals surface area (Å²) in [6, 6.07) is 8.29. The van der Waals surface area contributed by atoms with Crippen LogP contribution in [0.1, 0.15) is 56.7 Å². The number of ether oxygens (including phenoxy) is 1. The van der Waals surface area contributed by atoms with Gasteiger partial charge in [-0.1, -0.05) is 31.5 Å². The minimum atomic E-state index is -1.15. The highest BCUT2D eigenvalue weighted by atomic mass is 35.5. The Hall–Kier alpha value is -2.31. The Bertz CT molecular complexity index is 1190. The molecule has 4 fully saturated rings. The molecular weight excluding hydrogens is 479 g/mol. The van der Waals surface area contributed by atoms with Crippen LogP contribution >= 0.6 is 11.6 Å². The summed E-state index contributed by atoms with van der Waals surface area (Å²) in [6.07, 6.45) is 3.91. The van der Waals surface area contributed by atoms with Gasteiger partial charge in [0.15, 0.2) is 0 Å². The van der Waals surface area contributed by atoms with Crippen molar-refractivity contribution in [2.45, 2.75) is 58.0 Å². The lowest BCUT2D eigenvalue weighted by Crippen LogP contribution is -2.62. The van der Waals surface area contributed by atoms with Crippen molar-refractivity contribution in [2.24, 2.45) is 17.3 Å². The highest BCUT2D eigenvalue weighted by Gasteiger charge is 2.48. The Balaban J connectivity index is 1.33. The summed E-state index contributed by atoms with van der Waals surface area (Å²) in [5, 5.41) is 13.0. The lowest BCUT2D eigenvalue weighted by atomic mass is 9.79. The van der Waals surface area contributed by atoms with Crippen molar-refractivity contribution in [1.82, 2.24) is 9.80 Å². The van der Waals surface area contributed by atoms with Gasteiger partial charge >= 0.3 is 0 Å². The SMILES string of the molecule is CC1(C)Cc2cc(-c3ccc(OCC4CC4)c(Cl)c3)c(F)cc2[C@@H]1N(C(=O)[O-])[C@@H]1CN2CCC1CC2. The second-order valence-electron chi connectivity index (χ2n) is 11.9. The van der Waals surface area contributed by atoms with Gasteiger partial charge in [-0.25, -0.2) is 4.39 Å². The number of carbonyl (C=O) groups is 1. The van der Waals surface area contributed by atoms with Gasteiger partial charge in [0.05, 0.1) is 17.7 Å². The van der Waals surface area contributed by atoms with Gasteiger partial charge < -0.3 is 24.4 Å². The molecule has 3 heterocycles. The number of amides is 1. The van der Waals surface area contributed by atoms with E-state index >= 15 is 4.39 Å². The van der Waals surface area contributed by atoms with E-state index in [-0.39, 0.29) is 17.3 Å². The molecule has 0 unspecified atom stereocenters. The fourth-order valence-corrected chi connectivity index (χ4v) is 6.99. The van der Waals surface area contributed by atoms with Crippen molar-refractivity contribution >= 4 is 17.7 Å². The van der Waals surface area contributed by atoms with Gasteiger partial charge in [-0.2, -0.15) is 0 Å². The number of rotatable bonds is 6. The number of carboxylic acid groups (broad SMARTS) is 1. The maximum Gasteiger partial charge on any atom is 0.137 e. The first-order valence-corrected chi connectivity index (χ1v) is 13.6. The summed E-state index contributed by atoms with van der Waals surface area (Å²) in [5.74, 6) is 1.20. The minimum absolute atomic E-state index is 0.113. The third-order valence-electron chi connectivity index (χ3n) is 8.79. The molecule has 3 aliphatic heterocycles. The highest BCUT2D eigenvalue weighted by Crippen LogP contribution is 2.52. The highest BCUT2D eigenvalue weighted by molar-refractivity contribution is 6.32. The van der Waals surface area contributed by atoms with Crippen LogP contribution in [-0.4, -0.2) is 48.2 Å². The van der Waals surface area contributed by atoms with Gasteiger partial charge in [-0.15, -0.1) is 0 Å². The zero-order valence-electron chi connectivity index (χ0n) is 20.9. The molecule has 2 bridgehead atoms. The zero-order valence-corrected chi connectivity index (χ0v) is 21.7. The molecule has 7 rings (SSSR count). The molecule has 7 heteroatoms. The number of carbonyl (C=O) groups excluding carboxylic acids is 1. The lowest BCUT2D eigenvalue weighted by molar-refractivity contribution is -0.276. The Morgan fingerprint density at radius 1 is 1.19 bits per heavy atom. The molecule has 1 saturated carbocycles. The van der Waals surface area contributed by atoms with Gasteiger partial charge in [0, 0.05) is 18.2 Å². The average Bonchev–Trinajstić information content (AvgIpc) is 3.63. The van der Waals surface area contributed by atoms with Gasteiger partial charge in [-0.3, -0.25) is 0 Å². The van der Waals surface area contributed by atoms with E-state index in [2.05, 4.69) is 18.7 Å². The van der Waals surface area contributed by atoms with Crippen LogP contribution in [0.25, 0.3) is 11.1 Å². The number of piperidine rings is 3. The Kier molecular flexibility index (Phi) is 5.95. The zero-order chi connectivity index (χ0) is 25.2. The Morgan fingerprint density at radius 3 is 2.56 bits per heavy atom. The topological polar surface area (TPSA) is 55.8 Å². The van der Waals surface area contributed by atoms with E-state index in [1.165, 1.54) is 12.8 Å². The third-order valence-corrected chi connectivity index (χ3v) is 9.09. The van der Waals surface area contributed by atoms with Crippen LogP contribution < -0.4 is 9.84 Å². The van der Waals surface area contributed by atoms with Crippen molar-refractivity contribution in [3.05, 3.63) is 52.3 Å². The van der Waals surface area contributed by atoms with Crippen LogP contribution in [0.15, 0.2) is 30.3 Å². The van der Waals surface area contributed by atoms with Crippen molar-refractivity contribution in [2.75, 3.05) is 26.2 Å². The average molecular weight is 512 g/mol. The molecule has 2 aromatic carbocycles. The predicted octanol–water partition coefficient (Wildman–Crippen LogP) is 5.30. The fourth-order valence-electron chi connectivity index (χ4n) is 6.76. The molecule has 192 valence electrons. The second kappa shape index (κ2) is 8.91. The molecule has 2 aliphatic carbocycles. The Morgan fingerprint density at radius 2 is 1.94 bits per heavy atom. The fraction of sp³-hybridized carbons (Fsp3) is 0.552. The maximum atomic E-state index is 15.6. The van der Waals surface area contributed by atoms with E-state index in [1.54, 1.807) is 17.0 Å². The molecule has 36 heavy (non-hydrogen) atoms. The van der Waals surface area contributed by atoms with Crippen molar-refractivity contribution in [1.29, 1.82) is 0 Å². The number of nitrogens with zero attached hydrogens (tertiary/aromatic N) is 2. The molecule has 0 radical (unpaired) electrons. The first-order valence-electron chi connectivity index (χ1n) is 13.2. The monoisotopic (exact) mass is 511 g/mol. The van der Waals surface area contributed by atoms with Gasteiger partial charge in [0.2, 0.25) is 0 Å². The minimum Gasteiger partial charge on any atom is -0.530 e. The smallest absolute Gasteiger partial charge is 0.137 e. The van der Waals surface area contributed by atoms with Crippen LogP contribution in [0.5, 0.6) is 5.75 Å². The molecule has 0 aromatic heterocycles. The van der Waals surface area contributed by atoms with E-state index in [1.807, 2.05) is 18.2 Å². The second-order valence-corrected chi connectivity index (χ2v) is 12.3. The van der Waals surface area contributed by atoms with Crippen molar-refractivity contribution in [3.63, 3.8) is 0 Å². The first kappa shape index (κ1) is 24.1. The summed E-state index contributed by atoms with van der Waals surface area (Å²) in [7, 11) is 0. The molecule has 0 N–H and O–H groups in total. The number of hydrogen-bond donors (Lipinski definition) is 0. The van der Waals surface area contributed by atoms with Gasteiger partial charge in [0.25, 0.3) is 0 Å². The van der Waals surface area contributed by atoms with E-state index in [9.17, 15) is 9.90 Å². The first-order chi connectivity index (χ1) is 17.2. The summed E-state index contributed by atoms with van der Waals surface area (Å²) >= 11 is 6.48. The van der Waals surface area contributed by atoms with E-state index in [4.69, 9.17) is 16.3 Å². The van der Waals surface area contributed by atoms with Crippen LogP contribution in [0, 0.1) is 23.1 Å². The molecule has 0 spiro atoms. The Labute approximate surface area is 217 Å². The van der Waals surface area contributed by atoms with E-state index in [0.717, 1.165) is 43.6 Å². The predicted molar refractivity (Wildman–Crippen MR) is 135 cm³/mol. The van der Waals surface area contributed by atoms with Crippen LogP contribution in [-0.2, 0) is 6.42 Å².